The lowest BCUT2D eigenvalue weighted by Gasteiger charge is -2.08. The number of phenols is 1. The molecular formula is C12H13N3O3. The van der Waals surface area contributed by atoms with Crippen molar-refractivity contribution in [2.75, 3.05) is 7.11 Å². The zero-order chi connectivity index (χ0) is 13.0. The molecule has 94 valence electrons. The lowest BCUT2D eigenvalue weighted by Crippen LogP contribution is -2.23. The summed E-state index contributed by atoms with van der Waals surface area (Å²) < 4.78 is 4.94. The van der Waals surface area contributed by atoms with Crippen molar-refractivity contribution in [1.29, 1.82) is 0 Å². The number of para-hydroxylation sites is 1. The maximum absolute atomic E-state index is 11.9. The molecule has 1 aromatic carbocycles. The Balaban J connectivity index is 2.09. The highest BCUT2D eigenvalue weighted by Crippen LogP contribution is 2.29. The summed E-state index contributed by atoms with van der Waals surface area (Å²) in [5.74, 6) is -0.271. The van der Waals surface area contributed by atoms with Crippen LogP contribution in [0.2, 0.25) is 0 Å². The molecule has 1 heterocycles. The van der Waals surface area contributed by atoms with E-state index in [0.717, 1.165) is 5.69 Å². The second-order valence-corrected chi connectivity index (χ2v) is 3.62. The highest BCUT2D eigenvalue weighted by molar-refractivity contribution is 5.97. The fourth-order valence-corrected chi connectivity index (χ4v) is 1.52. The number of rotatable bonds is 4. The van der Waals surface area contributed by atoms with Crippen molar-refractivity contribution >= 4 is 5.91 Å². The van der Waals surface area contributed by atoms with Gasteiger partial charge in [-0.25, -0.2) is 0 Å². The number of hydrogen-bond donors (Lipinski definition) is 3. The van der Waals surface area contributed by atoms with Crippen LogP contribution < -0.4 is 10.1 Å². The van der Waals surface area contributed by atoms with E-state index >= 15 is 0 Å². The zero-order valence-corrected chi connectivity index (χ0v) is 9.80. The highest BCUT2D eigenvalue weighted by Gasteiger charge is 2.14. The number of methoxy groups -OCH3 is 1. The predicted molar refractivity (Wildman–Crippen MR) is 64.4 cm³/mol. The maximum Gasteiger partial charge on any atom is 0.255 e. The van der Waals surface area contributed by atoms with Crippen molar-refractivity contribution in [3.63, 3.8) is 0 Å². The van der Waals surface area contributed by atoms with Crippen LogP contribution in [-0.4, -0.2) is 28.3 Å². The summed E-state index contributed by atoms with van der Waals surface area (Å²) in [5.41, 5.74) is 0.958. The molecule has 2 rings (SSSR count). The summed E-state index contributed by atoms with van der Waals surface area (Å²) >= 11 is 0. The van der Waals surface area contributed by atoms with E-state index in [1.54, 1.807) is 24.4 Å². The average Bonchev–Trinajstić information content (AvgIpc) is 2.89. The van der Waals surface area contributed by atoms with Crippen molar-refractivity contribution < 1.29 is 14.6 Å². The van der Waals surface area contributed by atoms with E-state index in [2.05, 4.69) is 15.5 Å². The number of aromatic nitrogens is 2. The summed E-state index contributed by atoms with van der Waals surface area (Å²) in [4.78, 5) is 11.9. The van der Waals surface area contributed by atoms with Crippen LogP contribution in [0.5, 0.6) is 11.5 Å². The van der Waals surface area contributed by atoms with Crippen LogP contribution in [-0.2, 0) is 6.54 Å². The van der Waals surface area contributed by atoms with E-state index in [0.29, 0.717) is 6.54 Å². The molecule has 1 amide bonds. The number of carbonyl (C=O) groups excluding carboxylic acids is 1. The van der Waals surface area contributed by atoms with Gasteiger partial charge in [-0.3, -0.25) is 9.89 Å². The maximum atomic E-state index is 11.9. The van der Waals surface area contributed by atoms with Gasteiger partial charge in [-0.05, 0) is 18.2 Å². The van der Waals surface area contributed by atoms with E-state index in [1.807, 2.05) is 0 Å². The summed E-state index contributed by atoms with van der Waals surface area (Å²) in [7, 11) is 1.43. The molecule has 6 nitrogen and oxygen atoms in total. The summed E-state index contributed by atoms with van der Waals surface area (Å²) in [5, 5.41) is 19.0. The van der Waals surface area contributed by atoms with E-state index in [4.69, 9.17) is 4.74 Å². The van der Waals surface area contributed by atoms with Gasteiger partial charge in [0, 0.05) is 6.20 Å². The molecule has 0 saturated carbocycles. The number of hydrogen-bond acceptors (Lipinski definition) is 4. The molecule has 0 aliphatic carbocycles. The first kappa shape index (κ1) is 12.0. The van der Waals surface area contributed by atoms with Crippen molar-refractivity contribution in [3.8, 4) is 11.5 Å². The molecule has 0 bridgehead atoms. The molecule has 18 heavy (non-hydrogen) atoms. The number of aromatic hydroxyl groups is 1. The van der Waals surface area contributed by atoms with Gasteiger partial charge in [-0.15, -0.1) is 0 Å². The van der Waals surface area contributed by atoms with Crippen LogP contribution in [0.15, 0.2) is 30.5 Å². The van der Waals surface area contributed by atoms with Gasteiger partial charge in [0.1, 0.15) is 0 Å². The van der Waals surface area contributed by atoms with Crippen molar-refractivity contribution in [3.05, 3.63) is 41.7 Å². The Morgan fingerprint density at radius 3 is 3.00 bits per heavy atom. The summed E-state index contributed by atoms with van der Waals surface area (Å²) in [6, 6.07) is 6.51. The molecule has 0 unspecified atom stereocenters. The molecule has 0 radical (unpaired) electrons. The molecule has 2 aromatic rings. The largest absolute Gasteiger partial charge is 0.504 e. The van der Waals surface area contributed by atoms with Gasteiger partial charge in [0.25, 0.3) is 5.91 Å². The molecule has 1 aromatic heterocycles. The van der Waals surface area contributed by atoms with Crippen LogP contribution in [0.25, 0.3) is 0 Å². The minimum absolute atomic E-state index is 0.165. The van der Waals surface area contributed by atoms with Crippen molar-refractivity contribution in [1.82, 2.24) is 15.5 Å². The van der Waals surface area contributed by atoms with E-state index in [1.165, 1.54) is 13.2 Å². The number of carbonyl (C=O) groups is 1. The lowest BCUT2D eigenvalue weighted by molar-refractivity contribution is 0.0947. The molecule has 0 spiro atoms. The fraction of sp³-hybridized carbons (Fsp3) is 0.167. The minimum Gasteiger partial charge on any atom is -0.504 e. The monoisotopic (exact) mass is 247 g/mol. The minimum atomic E-state index is -0.374. The molecule has 6 heteroatoms. The predicted octanol–water partition coefficient (Wildman–Crippen LogP) is 1.05. The number of nitrogens with zero attached hydrogens (tertiary/aromatic N) is 1. The molecule has 0 aliphatic heterocycles. The van der Waals surface area contributed by atoms with Crippen molar-refractivity contribution in [2.24, 2.45) is 0 Å². The van der Waals surface area contributed by atoms with Gasteiger partial charge >= 0.3 is 0 Å². The summed E-state index contributed by atoms with van der Waals surface area (Å²) in [6.45, 7) is 0.315. The standard InChI is InChI=1S/C12H13N3O3/c1-18-10-4-2-3-9(11(10)16)12(17)13-7-8-5-6-14-15-8/h2-6,16H,7H2,1H3,(H,13,17)(H,14,15). The van der Waals surface area contributed by atoms with Gasteiger partial charge < -0.3 is 15.2 Å². The third-order valence-electron chi connectivity index (χ3n) is 2.46. The Bertz CT molecular complexity index is 538. The Morgan fingerprint density at radius 2 is 2.33 bits per heavy atom. The van der Waals surface area contributed by atoms with Crippen LogP contribution in [0.1, 0.15) is 16.1 Å². The van der Waals surface area contributed by atoms with E-state index < -0.39 is 0 Å². The molecule has 0 aliphatic rings. The van der Waals surface area contributed by atoms with Gasteiger partial charge in [-0.2, -0.15) is 5.10 Å². The van der Waals surface area contributed by atoms with Crippen LogP contribution >= 0.6 is 0 Å². The molecule has 0 saturated heterocycles. The number of amides is 1. The third-order valence-corrected chi connectivity index (χ3v) is 2.46. The van der Waals surface area contributed by atoms with Gasteiger partial charge in [0.2, 0.25) is 0 Å². The second kappa shape index (κ2) is 5.22. The fourth-order valence-electron chi connectivity index (χ4n) is 1.52. The number of benzene rings is 1. The SMILES string of the molecule is COc1cccc(C(=O)NCc2ccn[nH]2)c1O. The second-order valence-electron chi connectivity index (χ2n) is 3.62. The summed E-state index contributed by atoms with van der Waals surface area (Å²) in [6.07, 6.45) is 1.60. The van der Waals surface area contributed by atoms with E-state index in [-0.39, 0.29) is 23.0 Å². The zero-order valence-electron chi connectivity index (χ0n) is 9.80. The third kappa shape index (κ3) is 2.42. The highest BCUT2D eigenvalue weighted by atomic mass is 16.5. The molecule has 3 N–H and O–H groups in total. The smallest absolute Gasteiger partial charge is 0.255 e. The Morgan fingerprint density at radius 1 is 1.50 bits per heavy atom. The number of nitrogens with one attached hydrogen (secondary N) is 2. The average molecular weight is 247 g/mol. The number of phenolic OH excluding ortho intramolecular Hbond substituents is 1. The van der Waals surface area contributed by atoms with Crippen LogP contribution in [0, 0.1) is 0 Å². The van der Waals surface area contributed by atoms with Gasteiger partial charge in [0.05, 0.1) is 24.9 Å². The Labute approximate surface area is 104 Å². The van der Waals surface area contributed by atoms with Gasteiger partial charge in [-0.1, -0.05) is 6.07 Å². The molecule has 0 atom stereocenters. The first-order chi connectivity index (χ1) is 8.72. The topological polar surface area (TPSA) is 87.2 Å². The normalized spacial score (nSPS) is 10.1. The van der Waals surface area contributed by atoms with E-state index in [9.17, 15) is 9.90 Å². The molecule has 0 fully saturated rings. The Kier molecular flexibility index (Phi) is 3.47. The Hall–Kier alpha value is -2.50. The van der Waals surface area contributed by atoms with Crippen LogP contribution in [0.3, 0.4) is 0 Å². The number of aromatic amines is 1. The lowest BCUT2D eigenvalue weighted by atomic mass is 10.1. The number of ether oxygens (including phenoxy) is 1. The van der Waals surface area contributed by atoms with Crippen LogP contribution in [0.4, 0.5) is 0 Å². The number of H-pyrrole nitrogens is 1. The van der Waals surface area contributed by atoms with Crippen molar-refractivity contribution in [2.45, 2.75) is 6.54 Å². The molecular weight excluding hydrogens is 234 g/mol. The van der Waals surface area contributed by atoms with Gasteiger partial charge in [0.15, 0.2) is 11.5 Å². The first-order valence-electron chi connectivity index (χ1n) is 5.35. The first-order valence-corrected chi connectivity index (χ1v) is 5.35. The quantitative estimate of drug-likeness (QED) is 0.753.